The Bertz CT molecular complexity index is 575. The second-order valence-corrected chi connectivity index (χ2v) is 14.2. The molecular weight excluding hydrogens is 388 g/mol. The zero-order valence-corrected chi connectivity index (χ0v) is 22.4. The Kier molecular flexibility index (Phi) is 7.08. The van der Waals surface area contributed by atoms with Crippen LogP contribution >= 0.6 is 12.0 Å². The first-order valence-electron chi connectivity index (χ1n) is 12.5. The van der Waals surface area contributed by atoms with E-state index in [1.165, 1.54) is 64.7 Å². The first kappa shape index (κ1) is 24.9. The third kappa shape index (κ3) is 5.07. The number of hydrogen-bond donors (Lipinski definition) is 0. The summed E-state index contributed by atoms with van der Waals surface area (Å²) in [5, 5.41) is 0. The molecule has 0 radical (unpaired) electrons. The molecule has 1 spiro atoms. The predicted molar refractivity (Wildman–Crippen MR) is 132 cm³/mol. The van der Waals surface area contributed by atoms with Gasteiger partial charge in [-0.05, 0) is 110 Å². The molecule has 3 fully saturated rings. The predicted octanol–water partition coefficient (Wildman–Crippen LogP) is 6.62. The minimum absolute atomic E-state index is 0.0781. The van der Waals surface area contributed by atoms with Crippen molar-refractivity contribution in [2.45, 2.75) is 118 Å². The Morgan fingerprint density at radius 3 is 1.93 bits per heavy atom. The van der Waals surface area contributed by atoms with Crippen LogP contribution in [0.2, 0.25) is 0 Å². The number of rotatable bonds is 4. The van der Waals surface area contributed by atoms with Gasteiger partial charge in [0.15, 0.2) is 0 Å². The fourth-order valence-corrected chi connectivity index (χ4v) is 7.44. The lowest BCUT2D eigenvalue weighted by Crippen LogP contribution is -2.57. The van der Waals surface area contributed by atoms with Gasteiger partial charge in [0.25, 0.3) is 0 Å². The smallest absolute Gasteiger partial charge is 0.0915 e. The Morgan fingerprint density at radius 2 is 1.43 bits per heavy atom. The number of piperidine rings is 2. The van der Waals surface area contributed by atoms with Crippen molar-refractivity contribution < 1.29 is 4.18 Å². The van der Waals surface area contributed by atoms with E-state index < -0.39 is 0 Å². The van der Waals surface area contributed by atoms with Crippen molar-refractivity contribution >= 4 is 12.0 Å². The van der Waals surface area contributed by atoms with Gasteiger partial charge in [-0.1, -0.05) is 27.7 Å². The molecule has 0 aromatic heterocycles. The van der Waals surface area contributed by atoms with E-state index in [0.717, 1.165) is 11.7 Å². The molecule has 0 N–H and O–H groups in total. The van der Waals surface area contributed by atoms with Crippen LogP contribution in [-0.2, 0) is 4.18 Å². The average molecular weight is 439 g/mol. The van der Waals surface area contributed by atoms with Gasteiger partial charge in [-0.15, -0.1) is 0 Å². The number of likely N-dealkylation sites (tertiary alicyclic amines) is 2. The summed E-state index contributed by atoms with van der Waals surface area (Å²) in [5.74, 6) is 2.03. The fourth-order valence-electron chi connectivity index (χ4n) is 6.12. The van der Waals surface area contributed by atoms with Crippen molar-refractivity contribution in [1.82, 2.24) is 9.80 Å². The average Bonchev–Trinajstić information content (AvgIpc) is 2.95. The summed E-state index contributed by atoms with van der Waals surface area (Å²) in [4.78, 5) is 5.44. The first-order valence-corrected chi connectivity index (χ1v) is 13.4. The van der Waals surface area contributed by atoms with Crippen LogP contribution in [0.15, 0.2) is 0 Å². The summed E-state index contributed by atoms with van der Waals surface area (Å²) in [6.07, 6.45) is 7.64. The Labute approximate surface area is 192 Å². The van der Waals surface area contributed by atoms with Gasteiger partial charge >= 0.3 is 0 Å². The van der Waals surface area contributed by atoms with Crippen LogP contribution in [0.25, 0.3) is 0 Å². The lowest BCUT2D eigenvalue weighted by atomic mass is 9.65. The van der Waals surface area contributed by atoms with Gasteiger partial charge in [0.2, 0.25) is 0 Å². The van der Waals surface area contributed by atoms with Gasteiger partial charge in [-0.3, -0.25) is 9.80 Å². The maximum Gasteiger partial charge on any atom is 0.0915 e. The van der Waals surface area contributed by atoms with E-state index in [0.29, 0.717) is 10.8 Å². The van der Waals surface area contributed by atoms with Crippen molar-refractivity contribution in [1.29, 1.82) is 0 Å². The van der Waals surface area contributed by atoms with E-state index in [1.807, 2.05) is 0 Å². The molecule has 0 aromatic carbocycles. The SMILES string of the molecule is CC(C)(C)C1CCN(C(C)(C)CCC2(C)CSOC23CCN(C(C)(C)C)CC3)CC1. The fraction of sp³-hybridized carbons (Fsp3) is 1.00. The van der Waals surface area contributed by atoms with Crippen molar-refractivity contribution in [2.24, 2.45) is 16.7 Å². The second-order valence-electron chi connectivity index (χ2n) is 13.5. The molecule has 0 amide bonds. The van der Waals surface area contributed by atoms with Crippen LogP contribution in [0.4, 0.5) is 0 Å². The zero-order valence-electron chi connectivity index (χ0n) is 21.6. The van der Waals surface area contributed by atoms with Crippen LogP contribution in [0.5, 0.6) is 0 Å². The molecule has 30 heavy (non-hydrogen) atoms. The monoisotopic (exact) mass is 438 g/mol. The highest BCUT2D eigenvalue weighted by molar-refractivity contribution is 7.94. The van der Waals surface area contributed by atoms with Crippen molar-refractivity contribution in [3.05, 3.63) is 0 Å². The lowest BCUT2D eigenvalue weighted by molar-refractivity contribution is -0.0766. The number of nitrogens with zero attached hydrogens (tertiary/aromatic N) is 2. The second kappa shape index (κ2) is 8.54. The molecular formula is C26H50N2OS. The van der Waals surface area contributed by atoms with Crippen LogP contribution < -0.4 is 0 Å². The quantitative estimate of drug-likeness (QED) is 0.458. The number of hydrogen-bond acceptors (Lipinski definition) is 4. The first-order chi connectivity index (χ1) is 13.7. The summed E-state index contributed by atoms with van der Waals surface area (Å²) < 4.78 is 6.50. The zero-order chi connectivity index (χ0) is 22.4. The third-order valence-electron chi connectivity index (χ3n) is 9.08. The van der Waals surface area contributed by atoms with Crippen LogP contribution in [0.1, 0.15) is 101 Å². The molecule has 3 nitrogen and oxygen atoms in total. The standard InChI is InChI=1S/C26H50N2OS/c1-22(2,3)21-10-16-28(17-11-21)24(7,8)12-13-25(9)20-30-29-26(25)14-18-27(19-15-26)23(4,5)6/h21H,10-20H2,1-9H3. The van der Waals surface area contributed by atoms with Gasteiger partial charge in [0.05, 0.1) is 5.60 Å². The molecule has 0 aliphatic carbocycles. The lowest BCUT2D eigenvalue weighted by Gasteiger charge is -2.51. The van der Waals surface area contributed by atoms with Gasteiger partial charge in [0, 0.05) is 35.3 Å². The largest absolute Gasteiger partial charge is 0.308 e. The van der Waals surface area contributed by atoms with E-state index in [-0.39, 0.29) is 16.7 Å². The van der Waals surface area contributed by atoms with Crippen LogP contribution in [0.3, 0.4) is 0 Å². The molecule has 3 heterocycles. The minimum atomic E-state index is 0.0781. The third-order valence-corrected chi connectivity index (χ3v) is 10.3. The highest BCUT2D eigenvalue weighted by atomic mass is 32.2. The highest BCUT2D eigenvalue weighted by Crippen LogP contribution is 2.55. The Morgan fingerprint density at radius 1 is 0.867 bits per heavy atom. The molecule has 1 atom stereocenters. The summed E-state index contributed by atoms with van der Waals surface area (Å²) in [6, 6.07) is 0. The molecule has 3 aliphatic heterocycles. The van der Waals surface area contributed by atoms with Gasteiger partial charge in [-0.25, -0.2) is 0 Å². The molecule has 1 unspecified atom stereocenters. The molecule has 4 heteroatoms. The molecule has 176 valence electrons. The van der Waals surface area contributed by atoms with Crippen molar-refractivity contribution in [3.63, 3.8) is 0 Å². The molecule has 3 saturated heterocycles. The topological polar surface area (TPSA) is 15.7 Å². The van der Waals surface area contributed by atoms with Crippen LogP contribution in [0, 0.1) is 16.7 Å². The maximum absolute atomic E-state index is 6.50. The van der Waals surface area contributed by atoms with E-state index >= 15 is 0 Å². The molecule has 0 saturated carbocycles. The van der Waals surface area contributed by atoms with Crippen molar-refractivity contribution in [2.75, 3.05) is 31.9 Å². The van der Waals surface area contributed by atoms with Crippen LogP contribution in [-0.4, -0.2) is 58.4 Å². The Hall–Kier alpha value is 0.230. The van der Waals surface area contributed by atoms with Gasteiger partial charge in [-0.2, -0.15) is 0 Å². The molecule has 0 aromatic rings. The molecule has 3 rings (SSSR count). The Balaban J connectivity index is 1.59. The summed E-state index contributed by atoms with van der Waals surface area (Å²) >= 11 is 1.75. The van der Waals surface area contributed by atoms with E-state index in [4.69, 9.17) is 4.18 Å². The normalized spacial score (nSPS) is 30.3. The minimum Gasteiger partial charge on any atom is -0.308 e. The van der Waals surface area contributed by atoms with Gasteiger partial charge < -0.3 is 4.18 Å². The van der Waals surface area contributed by atoms with E-state index in [1.54, 1.807) is 12.0 Å². The highest BCUT2D eigenvalue weighted by Gasteiger charge is 2.56. The summed E-state index contributed by atoms with van der Waals surface area (Å²) in [6.45, 7) is 26.7. The van der Waals surface area contributed by atoms with E-state index in [9.17, 15) is 0 Å². The molecule has 0 bridgehead atoms. The van der Waals surface area contributed by atoms with E-state index in [2.05, 4.69) is 72.1 Å². The summed E-state index contributed by atoms with van der Waals surface area (Å²) in [7, 11) is 0. The van der Waals surface area contributed by atoms with Crippen molar-refractivity contribution in [3.8, 4) is 0 Å². The maximum atomic E-state index is 6.50. The summed E-state index contributed by atoms with van der Waals surface area (Å²) in [5.41, 5.74) is 1.38. The molecule has 3 aliphatic rings. The van der Waals surface area contributed by atoms with Gasteiger partial charge in [0.1, 0.15) is 0 Å².